The van der Waals surface area contributed by atoms with E-state index in [9.17, 15) is 9.36 Å². The van der Waals surface area contributed by atoms with Crippen LogP contribution in [0.25, 0.3) is 0 Å². The van der Waals surface area contributed by atoms with Crippen LogP contribution in [0.1, 0.15) is 13.3 Å². The zero-order valence-corrected chi connectivity index (χ0v) is 7.63. The number of methoxy groups -OCH3 is 1. The van der Waals surface area contributed by atoms with Crippen LogP contribution >= 0.6 is 7.37 Å². The van der Waals surface area contributed by atoms with E-state index in [-0.39, 0.29) is 18.7 Å². The van der Waals surface area contributed by atoms with Gasteiger partial charge in [-0.3, -0.25) is 9.36 Å². The minimum atomic E-state index is -3.04. The van der Waals surface area contributed by atoms with Crippen molar-refractivity contribution in [2.75, 3.05) is 19.4 Å². The van der Waals surface area contributed by atoms with Crippen molar-refractivity contribution in [1.82, 2.24) is 0 Å². The lowest BCUT2D eigenvalue weighted by Crippen LogP contribution is -2.04. The van der Waals surface area contributed by atoms with Gasteiger partial charge >= 0.3 is 5.97 Å². The van der Waals surface area contributed by atoms with Crippen molar-refractivity contribution in [3.05, 3.63) is 0 Å². The molecular formula is C6H13O4P. The Morgan fingerprint density at radius 2 is 2.18 bits per heavy atom. The number of esters is 1. The van der Waals surface area contributed by atoms with Crippen LogP contribution in [0.2, 0.25) is 0 Å². The first-order valence-electron chi connectivity index (χ1n) is 3.39. The first-order chi connectivity index (χ1) is 5.02. The van der Waals surface area contributed by atoms with Crippen LogP contribution in [-0.2, 0) is 14.1 Å². The summed E-state index contributed by atoms with van der Waals surface area (Å²) in [5.41, 5.74) is 0. The van der Waals surface area contributed by atoms with Gasteiger partial charge in [-0.2, -0.15) is 0 Å². The van der Waals surface area contributed by atoms with Crippen LogP contribution in [0.4, 0.5) is 0 Å². The van der Waals surface area contributed by atoms with Crippen LogP contribution < -0.4 is 0 Å². The summed E-state index contributed by atoms with van der Waals surface area (Å²) in [6.45, 7) is 1.62. The van der Waals surface area contributed by atoms with E-state index < -0.39 is 13.3 Å². The van der Waals surface area contributed by atoms with Crippen molar-refractivity contribution in [3.63, 3.8) is 0 Å². The Bertz CT molecular complexity index is 177. The van der Waals surface area contributed by atoms with Gasteiger partial charge in [0.25, 0.3) is 0 Å². The van der Waals surface area contributed by atoms with Gasteiger partial charge < -0.3 is 9.63 Å². The molecular weight excluding hydrogens is 167 g/mol. The number of hydrogen-bond acceptors (Lipinski definition) is 3. The molecule has 66 valence electrons. The monoisotopic (exact) mass is 180 g/mol. The molecule has 0 fully saturated rings. The topological polar surface area (TPSA) is 63.6 Å². The van der Waals surface area contributed by atoms with Gasteiger partial charge in [0, 0.05) is 12.3 Å². The molecule has 4 nitrogen and oxygen atoms in total. The molecule has 0 aromatic carbocycles. The van der Waals surface area contributed by atoms with E-state index in [1.165, 1.54) is 7.11 Å². The van der Waals surface area contributed by atoms with Gasteiger partial charge in [0.1, 0.15) is 0 Å². The molecule has 0 aromatic rings. The van der Waals surface area contributed by atoms with Gasteiger partial charge in [-0.1, -0.05) is 6.92 Å². The Morgan fingerprint density at radius 1 is 1.64 bits per heavy atom. The Labute approximate surface area is 66.0 Å². The van der Waals surface area contributed by atoms with Crippen molar-refractivity contribution < 1.29 is 19.0 Å². The zero-order chi connectivity index (χ0) is 8.91. The molecule has 0 spiro atoms. The highest BCUT2D eigenvalue weighted by molar-refractivity contribution is 7.57. The average molecular weight is 180 g/mol. The van der Waals surface area contributed by atoms with Crippen molar-refractivity contribution in [2.24, 2.45) is 0 Å². The summed E-state index contributed by atoms with van der Waals surface area (Å²) in [7, 11) is -1.78. The van der Waals surface area contributed by atoms with Crippen molar-refractivity contribution in [2.45, 2.75) is 13.3 Å². The maximum Gasteiger partial charge on any atom is 0.306 e. The van der Waals surface area contributed by atoms with Gasteiger partial charge in [0.2, 0.25) is 7.37 Å². The number of carbonyl (C=O) groups excluding carboxylic acids is 1. The van der Waals surface area contributed by atoms with Gasteiger partial charge in [-0.15, -0.1) is 0 Å². The van der Waals surface area contributed by atoms with E-state index in [0.717, 1.165) is 0 Å². The normalized spacial score (nSPS) is 15.5. The molecule has 5 heteroatoms. The first-order valence-corrected chi connectivity index (χ1v) is 5.42. The highest BCUT2D eigenvalue weighted by Gasteiger charge is 2.16. The second kappa shape index (κ2) is 4.52. The average Bonchev–Trinajstić information content (AvgIpc) is 2.00. The minimum Gasteiger partial charge on any atom is -0.469 e. The fourth-order valence-corrected chi connectivity index (χ4v) is 1.37. The lowest BCUT2D eigenvalue weighted by molar-refractivity contribution is -0.140. The first kappa shape index (κ1) is 10.7. The van der Waals surface area contributed by atoms with E-state index in [2.05, 4.69) is 4.74 Å². The zero-order valence-electron chi connectivity index (χ0n) is 6.74. The Morgan fingerprint density at radius 3 is 2.55 bits per heavy atom. The molecule has 0 bridgehead atoms. The van der Waals surface area contributed by atoms with E-state index in [0.29, 0.717) is 0 Å². The number of hydrogen-bond donors (Lipinski definition) is 1. The molecule has 0 heterocycles. The fourth-order valence-electron chi connectivity index (χ4n) is 0.526. The molecule has 0 aliphatic carbocycles. The van der Waals surface area contributed by atoms with Crippen LogP contribution in [0.5, 0.6) is 0 Å². The molecule has 1 unspecified atom stereocenters. The van der Waals surface area contributed by atoms with Gasteiger partial charge in [-0.05, 0) is 0 Å². The Hall–Kier alpha value is -0.340. The van der Waals surface area contributed by atoms with Crippen LogP contribution in [0.15, 0.2) is 0 Å². The van der Waals surface area contributed by atoms with E-state index in [1.54, 1.807) is 6.92 Å². The summed E-state index contributed by atoms with van der Waals surface area (Å²) in [5.74, 6) is -0.437. The Kier molecular flexibility index (Phi) is 4.38. The summed E-state index contributed by atoms with van der Waals surface area (Å²) in [6, 6.07) is 0. The van der Waals surface area contributed by atoms with E-state index >= 15 is 0 Å². The highest BCUT2D eigenvalue weighted by Crippen LogP contribution is 2.40. The summed E-state index contributed by atoms with van der Waals surface area (Å²) in [6.07, 6.45) is 0.262. The number of carbonyl (C=O) groups is 1. The third kappa shape index (κ3) is 4.99. The molecule has 11 heavy (non-hydrogen) atoms. The molecule has 1 atom stereocenters. The number of ether oxygens (including phenoxy) is 1. The van der Waals surface area contributed by atoms with Crippen molar-refractivity contribution in [3.8, 4) is 0 Å². The third-order valence-electron chi connectivity index (χ3n) is 1.39. The largest absolute Gasteiger partial charge is 0.469 e. The predicted octanol–water partition coefficient (Wildman–Crippen LogP) is 0.840. The molecule has 0 rings (SSSR count). The number of rotatable bonds is 4. The smallest absolute Gasteiger partial charge is 0.306 e. The predicted molar refractivity (Wildman–Crippen MR) is 41.9 cm³/mol. The second-order valence-corrected chi connectivity index (χ2v) is 4.98. The molecule has 0 aliphatic heterocycles. The lowest BCUT2D eigenvalue weighted by Gasteiger charge is -2.06. The van der Waals surface area contributed by atoms with Gasteiger partial charge in [0.05, 0.1) is 13.5 Å². The van der Waals surface area contributed by atoms with Gasteiger partial charge in [-0.25, -0.2) is 0 Å². The lowest BCUT2D eigenvalue weighted by atomic mass is 10.5. The third-order valence-corrected chi connectivity index (χ3v) is 3.30. The van der Waals surface area contributed by atoms with E-state index in [4.69, 9.17) is 4.89 Å². The van der Waals surface area contributed by atoms with Crippen LogP contribution in [-0.4, -0.2) is 30.3 Å². The maximum absolute atomic E-state index is 11.0. The summed E-state index contributed by atoms with van der Waals surface area (Å²) in [4.78, 5) is 19.5. The second-order valence-electron chi connectivity index (χ2n) is 2.21. The SMILES string of the molecule is CCP(=O)(O)CCC(=O)OC. The fraction of sp³-hybridized carbons (Fsp3) is 0.833. The minimum absolute atomic E-state index is 0.0240. The van der Waals surface area contributed by atoms with Crippen LogP contribution in [0, 0.1) is 0 Å². The summed E-state index contributed by atoms with van der Waals surface area (Å²) < 4.78 is 15.3. The molecule has 0 saturated heterocycles. The molecule has 1 N–H and O–H groups in total. The standard InChI is InChI=1S/C6H13O4P/c1-3-11(8,9)5-4-6(7)10-2/h3-5H2,1-2H3,(H,8,9). The van der Waals surface area contributed by atoms with Crippen LogP contribution in [0.3, 0.4) is 0 Å². The summed E-state index contributed by atoms with van der Waals surface area (Å²) >= 11 is 0. The molecule has 0 aromatic heterocycles. The molecule has 0 saturated carbocycles. The van der Waals surface area contributed by atoms with Crippen molar-refractivity contribution >= 4 is 13.3 Å². The Balaban J connectivity index is 3.70. The summed E-state index contributed by atoms with van der Waals surface area (Å²) in [5, 5.41) is 0. The molecule has 0 radical (unpaired) electrons. The van der Waals surface area contributed by atoms with E-state index in [1.807, 2.05) is 0 Å². The maximum atomic E-state index is 11.0. The van der Waals surface area contributed by atoms with Crippen molar-refractivity contribution in [1.29, 1.82) is 0 Å². The quantitative estimate of drug-likeness (QED) is 0.514. The molecule has 0 amide bonds. The van der Waals surface area contributed by atoms with Gasteiger partial charge in [0.15, 0.2) is 0 Å². The molecule has 0 aliphatic rings. The highest BCUT2D eigenvalue weighted by atomic mass is 31.2.